The third-order valence-corrected chi connectivity index (χ3v) is 4.69. The van der Waals surface area contributed by atoms with Crippen molar-refractivity contribution < 1.29 is 4.79 Å². The van der Waals surface area contributed by atoms with Crippen molar-refractivity contribution in [1.29, 1.82) is 0 Å². The van der Waals surface area contributed by atoms with Crippen LogP contribution in [0.15, 0.2) is 5.38 Å². The Labute approximate surface area is 111 Å². The fourth-order valence-corrected chi connectivity index (χ4v) is 3.49. The van der Waals surface area contributed by atoms with Gasteiger partial charge in [0.15, 0.2) is 0 Å². The second-order valence-corrected chi connectivity index (χ2v) is 5.86. The first-order valence-electron chi connectivity index (χ1n) is 6.45. The second-order valence-electron chi connectivity index (χ2n) is 4.91. The van der Waals surface area contributed by atoms with Crippen LogP contribution in [0.4, 0.5) is 0 Å². The Bertz CT molecular complexity index is 447. The molecular weight excluding hydrogens is 248 g/mol. The number of hydrogen-bond donors (Lipinski definition) is 1. The maximum Gasteiger partial charge on any atom is 0.273 e. The van der Waals surface area contributed by atoms with Crippen LogP contribution in [0.25, 0.3) is 0 Å². The third kappa shape index (κ3) is 2.15. The number of piperazine rings is 1. The van der Waals surface area contributed by atoms with Crippen molar-refractivity contribution >= 4 is 17.2 Å². The molecule has 0 radical (unpaired) electrons. The minimum Gasteiger partial charge on any atom is -0.334 e. The Kier molecular flexibility index (Phi) is 3.32. The van der Waals surface area contributed by atoms with Crippen molar-refractivity contribution in [2.75, 3.05) is 26.2 Å². The number of amides is 1. The van der Waals surface area contributed by atoms with Crippen molar-refractivity contribution in [2.24, 2.45) is 5.73 Å². The Morgan fingerprint density at radius 3 is 3.17 bits per heavy atom. The Balaban J connectivity index is 1.69. The molecule has 2 aliphatic heterocycles. The Morgan fingerprint density at radius 2 is 2.39 bits per heavy atom. The number of hydrogen-bond acceptors (Lipinski definition) is 5. The summed E-state index contributed by atoms with van der Waals surface area (Å²) in [5, 5.41) is 2.66. The van der Waals surface area contributed by atoms with E-state index in [0.29, 0.717) is 18.3 Å². The van der Waals surface area contributed by atoms with Crippen LogP contribution in [-0.4, -0.2) is 52.9 Å². The highest BCUT2D eigenvalue weighted by molar-refractivity contribution is 7.09. The molecule has 3 heterocycles. The molecule has 1 unspecified atom stereocenters. The lowest BCUT2D eigenvalue weighted by molar-refractivity contribution is 0.0566. The third-order valence-electron chi connectivity index (χ3n) is 3.82. The topological polar surface area (TPSA) is 62.5 Å². The predicted molar refractivity (Wildman–Crippen MR) is 70.5 cm³/mol. The van der Waals surface area contributed by atoms with E-state index in [0.717, 1.165) is 24.6 Å². The molecule has 5 nitrogen and oxygen atoms in total. The van der Waals surface area contributed by atoms with Gasteiger partial charge in [-0.2, -0.15) is 0 Å². The molecule has 98 valence electrons. The minimum atomic E-state index is 0.0671. The maximum atomic E-state index is 12.3. The van der Waals surface area contributed by atoms with E-state index in [1.54, 1.807) is 0 Å². The fourth-order valence-electron chi connectivity index (χ4n) is 2.84. The molecule has 2 fully saturated rings. The molecule has 2 aliphatic rings. The molecular formula is C12H18N4OS. The van der Waals surface area contributed by atoms with Gasteiger partial charge in [0.1, 0.15) is 10.7 Å². The number of aromatic nitrogens is 1. The van der Waals surface area contributed by atoms with Crippen molar-refractivity contribution in [3.63, 3.8) is 0 Å². The van der Waals surface area contributed by atoms with Gasteiger partial charge in [-0.25, -0.2) is 4.98 Å². The number of carbonyl (C=O) groups excluding carboxylic acids is 1. The molecule has 0 saturated carbocycles. The van der Waals surface area contributed by atoms with E-state index in [-0.39, 0.29) is 5.91 Å². The minimum absolute atomic E-state index is 0.0671. The van der Waals surface area contributed by atoms with E-state index in [2.05, 4.69) is 9.88 Å². The number of nitrogens with zero attached hydrogens (tertiary/aromatic N) is 3. The van der Waals surface area contributed by atoms with Crippen LogP contribution in [0.3, 0.4) is 0 Å². The van der Waals surface area contributed by atoms with Crippen molar-refractivity contribution in [1.82, 2.24) is 14.8 Å². The van der Waals surface area contributed by atoms with Gasteiger partial charge < -0.3 is 10.6 Å². The molecule has 0 aliphatic carbocycles. The van der Waals surface area contributed by atoms with Crippen LogP contribution >= 0.6 is 11.3 Å². The molecule has 18 heavy (non-hydrogen) atoms. The molecule has 0 spiro atoms. The summed E-state index contributed by atoms with van der Waals surface area (Å²) >= 11 is 1.47. The van der Waals surface area contributed by atoms with Gasteiger partial charge in [0.25, 0.3) is 5.91 Å². The first-order chi connectivity index (χ1) is 8.78. The quantitative estimate of drug-likeness (QED) is 0.848. The first kappa shape index (κ1) is 12.1. The van der Waals surface area contributed by atoms with Crippen molar-refractivity contribution in [3.05, 3.63) is 16.1 Å². The summed E-state index contributed by atoms with van der Waals surface area (Å²) in [4.78, 5) is 21.0. The summed E-state index contributed by atoms with van der Waals surface area (Å²) in [5.41, 5.74) is 6.09. The monoisotopic (exact) mass is 266 g/mol. The van der Waals surface area contributed by atoms with Gasteiger partial charge in [0.05, 0.1) is 0 Å². The van der Waals surface area contributed by atoms with Crippen LogP contribution < -0.4 is 5.73 Å². The van der Waals surface area contributed by atoms with Crippen LogP contribution in [-0.2, 0) is 6.54 Å². The molecule has 0 bridgehead atoms. The largest absolute Gasteiger partial charge is 0.334 e. The van der Waals surface area contributed by atoms with Gasteiger partial charge in [0, 0.05) is 37.6 Å². The fraction of sp³-hybridized carbons (Fsp3) is 0.667. The van der Waals surface area contributed by atoms with E-state index < -0.39 is 0 Å². The second kappa shape index (κ2) is 4.95. The normalized spacial score (nSPS) is 24.3. The Morgan fingerprint density at radius 1 is 1.50 bits per heavy atom. The number of fused-ring (bicyclic) bond motifs is 1. The van der Waals surface area contributed by atoms with Gasteiger partial charge in [0.2, 0.25) is 0 Å². The highest BCUT2D eigenvalue weighted by atomic mass is 32.1. The predicted octanol–water partition coefficient (Wildman–Crippen LogP) is 0.522. The lowest BCUT2D eigenvalue weighted by Crippen LogP contribution is -2.52. The van der Waals surface area contributed by atoms with E-state index in [9.17, 15) is 4.79 Å². The molecule has 2 N–H and O–H groups in total. The van der Waals surface area contributed by atoms with Crippen molar-refractivity contribution in [3.8, 4) is 0 Å². The van der Waals surface area contributed by atoms with E-state index in [4.69, 9.17) is 5.73 Å². The summed E-state index contributed by atoms with van der Waals surface area (Å²) in [6, 6.07) is 0.565. The Hall–Kier alpha value is -0.980. The van der Waals surface area contributed by atoms with Gasteiger partial charge in [-0.1, -0.05) is 0 Å². The van der Waals surface area contributed by atoms with Gasteiger partial charge in [-0.15, -0.1) is 11.3 Å². The summed E-state index contributed by atoms with van der Waals surface area (Å²) in [5.74, 6) is 0.0671. The van der Waals surface area contributed by atoms with Gasteiger partial charge in [-0.3, -0.25) is 9.69 Å². The summed E-state index contributed by atoms with van der Waals surface area (Å²) in [6.07, 6.45) is 2.48. The van der Waals surface area contributed by atoms with Crippen LogP contribution in [0, 0.1) is 0 Å². The number of rotatable bonds is 2. The zero-order valence-corrected chi connectivity index (χ0v) is 11.2. The van der Waals surface area contributed by atoms with E-state index in [1.807, 2.05) is 10.3 Å². The first-order valence-corrected chi connectivity index (χ1v) is 7.33. The standard InChI is InChI=1S/C12H18N4OS/c13-6-11-14-10(8-18-11)12(17)16-5-4-15-3-1-2-9(15)7-16/h8-9H,1-7,13H2. The summed E-state index contributed by atoms with van der Waals surface area (Å²) < 4.78 is 0. The molecule has 6 heteroatoms. The molecule has 1 atom stereocenters. The number of carbonyl (C=O) groups is 1. The zero-order chi connectivity index (χ0) is 12.5. The smallest absolute Gasteiger partial charge is 0.273 e. The average Bonchev–Trinajstić information content (AvgIpc) is 3.05. The molecule has 2 saturated heterocycles. The number of nitrogens with two attached hydrogens (primary N) is 1. The summed E-state index contributed by atoms with van der Waals surface area (Å²) in [6.45, 7) is 4.29. The van der Waals surface area contributed by atoms with Crippen LogP contribution in [0.1, 0.15) is 28.3 Å². The number of thiazole rings is 1. The average molecular weight is 266 g/mol. The molecule has 0 aromatic carbocycles. The van der Waals surface area contributed by atoms with Crippen molar-refractivity contribution in [2.45, 2.75) is 25.4 Å². The molecule has 3 rings (SSSR count). The van der Waals surface area contributed by atoms with Crippen LogP contribution in [0.5, 0.6) is 0 Å². The van der Waals surface area contributed by atoms with Crippen LogP contribution in [0.2, 0.25) is 0 Å². The maximum absolute atomic E-state index is 12.3. The molecule has 1 aromatic rings. The summed E-state index contributed by atoms with van der Waals surface area (Å²) in [7, 11) is 0. The lowest BCUT2D eigenvalue weighted by Gasteiger charge is -2.37. The van der Waals surface area contributed by atoms with Gasteiger partial charge in [-0.05, 0) is 19.4 Å². The molecule has 1 amide bonds. The van der Waals surface area contributed by atoms with E-state index >= 15 is 0 Å². The zero-order valence-electron chi connectivity index (χ0n) is 10.3. The lowest BCUT2D eigenvalue weighted by atomic mass is 10.1. The van der Waals surface area contributed by atoms with Gasteiger partial charge >= 0.3 is 0 Å². The SMILES string of the molecule is NCc1nc(C(=O)N2CCN3CCCC3C2)cs1. The molecule has 1 aromatic heterocycles. The van der Waals surface area contributed by atoms with E-state index in [1.165, 1.54) is 30.7 Å². The highest BCUT2D eigenvalue weighted by Gasteiger charge is 2.33. The highest BCUT2D eigenvalue weighted by Crippen LogP contribution is 2.22.